The maximum atomic E-state index is 7.69. The normalized spacial score (nSPS) is 7.80. The van der Waals surface area contributed by atoms with E-state index in [9.17, 15) is 0 Å². The van der Waals surface area contributed by atoms with Crippen molar-refractivity contribution in [2.45, 2.75) is 0 Å². The van der Waals surface area contributed by atoms with Gasteiger partial charge in [0.25, 0.3) is 0 Å². The van der Waals surface area contributed by atoms with E-state index in [4.69, 9.17) is 10.2 Å². The van der Waals surface area contributed by atoms with Crippen LogP contribution in [0.15, 0.2) is 7.70 Å². The van der Waals surface area contributed by atoms with Gasteiger partial charge in [-0.05, 0) is 21.1 Å². The summed E-state index contributed by atoms with van der Waals surface area (Å²) in [5.74, 6) is 0. The molecule has 4 nitrogen and oxygen atoms in total. The number of hydrogen-bond acceptors (Lipinski definition) is 5. The third-order valence-corrected chi connectivity index (χ3v) is 1.69. The lowest BCUT2D eigenvalue weighted by Gasteiger charge is -1.73. The van der Waals surface area contributed by atoms with Crippen molar-refractivity contribution in [3.05, 3.63) is 4.90 Å². The van der Waals surface area contributed by atoms with Crippen molar-refractivity contribution in [3.63, 3.8) is 0 Å². The molecule has 0 unspecified atom stereocenters. The standard InChI is InChI=1S/CO2S2.CH2O2S2/c4-1-2-5-3-1;2-1(3)5-4/h;2-3H. The molecule has 0 spiro atoms. The van der Waals surface area contributed by atoms with Gasteiger partial charge in [-0.25, -0.2) is 0 Å². The lowest BCUT2D eigenvalue weighted by molar-refractivity contribution is 0.385. The maximum absolute atomic E-state index is 7.69. The monoisotopic (exact) mass is 218 g/mol. The van der Waals surface area contributed by atoms with E-state index in [0.29, 0.717) is 9.91 Å². The molecule has 1 rings (SSSR count). The predicted molar refractivity (Wildman–Crippen MR) is 44.7 cm³/mol. The van der Waals surface area contributed by atoms with Crippen LogP contribution >= 0.6 is 24.1 Å². The summed E-state index contributed by atoms with van der Waals surface area (Å²) < 4.78 is 8.71. The van der Waals surface area contributed by atoms with Crippen molar-refractivity contribution in [1.29, 1.82) is 0 Å². The summed E-state index contributed by atoms with van der Waals surface area (Å²) in [7, 11) is 0.491. The molecule has 0 amide bonds. The fourth-order valence-corrected chi connectivity index (χ4v) is 0.352. The molecule has 58 valence electrons. The van der Waals surface area contributed by atoms with E-state index in [1.165, 1.54) is 0 Å². The van der Waals surface area contributed by atoms with Gasteiger partial charge >= 0.3 is 4.90 Å². The highest BCUT2D eigenvalue weighted by Gasteiger charge is 1.77. The minimum atomic E-state index is -0.764. The van der Waals surface area contributed by atoms with Crippen LogP contribution < -0.4 is 0 Å². The predicted octanol–water partition coefficient (Wildman–Crippen LogP) is 1.40. The topological polar surface area (TPSA) is 66.7 Å². The highest BCUT2D eigenvalue weighted by atomic mass is 32.8. The Bertz CT molecular complexity index is 245. The average molecular weight is 218 g/mol. The van der Waals surface area contributed by atoms with E-state index < -0.39 is 5.24 Å². The largest absolute Gasteiger partial charge is 0.390 e. The Kier molecular flexibility index (Phi) is 5.97. The molecule has 8 heteroatoms. The molecule has 2 N–H and O–H groups in total. The molecule has 0 saturated heterocycles. The molecule has 0 saturated carbocycles. The molecule has 0 aliphatic rings. The SMILES string of the molecule is OC(O)=S=S.S=c1oso1. The molecule has 0 aliphatic carbocycles. The van der Waals surface area contributed by atoms with E-state index in [-0.39, 0.29) is 4.90 Å². The zero-order valence-electron chi connectivity index (χ0n) is 4.34. The molecule has 0 bridgehead atoms. The smallest absolute Gasteiger partial charge is 0.332 e. The molecular formula is C2H2O4S4. The minimum absolute atomic E-state index is 0.231. The van der Waals surface area contributed by atoms with Gasteiger partial charge in [0.2, 0.25) is 17.2 Å². The first kappa shape index (κ1) is 10.1. The fourth-order valence-electron chi connectivity index (χ4n) is 0.0618. The van der Waals surface area contributed by atoms with Crippen molar-refractivity contribution in [3.8, 4) is 0 Å². The third-order valence-electron chi connectivity index (χ3n) is 0.279. The van der Waals surface area contributed by atoms with Crippen LogP contribution in [0.1, 0.15) is 0 Å². The van der Waals surface area contributed by atoms with Crippen molar-refractivity contribution in [2.75, 3.05) is 0 Å². The molecule has 0 aromatic carbocycles. The second kappa shape index (κ2) is 5.89. The number of aliphatic hydroxyl groups excluding tert-OH is 1. The number of aliphatic hydroxyl groups is 2. The van der Waals surface area contributed by atoms with Crippen LogP contribution in [0.5, 0.6) is 0 Å². The molecule has 0 aliphatic heterocycles. The van der Waals surface area contributed by atoms with Crippen LogP contribution in [0.4, 0.5) is 0 Å². The van der Waals surface area contributed by atoms with Gasteiger partial charge < -0.3 is 17.9 Å². The zero-order chi connectivity index (χ0) is 7.98. The van der Waals surface area contributed by atoms with Gasteiger partial charge in [0, 0.05) is 12.2 Å². The lowest BCUT2D eigenvalue weighted by atomic mass is 11.5. The molecular weight excluding hydrogens is 216 g/mol. The number of hydrogen-bond donors (Lipinski definition) is 2. The lowest BCUT2D eigenvalue weighted by Crippen LogP contribution is -1.86. The van der Waals surface area contributed by atoms with Gasteiger partial charge in [0.15, 0.2) is 0 Å². The van der Waals surface area contributed by atoms with Crippen LogP contribution in [0.3, 0.4) is 0 Å². The molecule has 0 radical (unpaired) electrons. The third kappa shape index (κ3) is 6.26. The highest BCUT2D eigenvalue weighted by molar-refractivity contribution is 8.16. The summed E-state index contributed by atoms with van der Waals surface area (Å²) in [5, 5.41) is 14.6. The van der Waals surface area contributed by atoms with E-state index >= 15 is 0 Å². The van der Waals surface area contributed by atoms with Crippen LogP contribution in [0.2, 0.25) is 0 Å². The summed E-state index contributed by atoms with van der Waals surface area (Å²) in [6.45, 7) is 0. The van der Waals surface area contributed by atoms with Crippen molar-refractivity contribution in [2.24, 2.45) is 0 Å². The second-order valence-electron chi connectivity index (χ2n) is 0.851. The molecule has 10 heavy (non-hydrogen) atoms. The van der Waals surface area contributed by atoms with Crippen LogP contribution in [-0.2, 0) is 21.1 Å². The van der Waals surface area contributed by atoms with Crippen LogP contribution in [-0.4, -0.2) is 15.4 Å². The quantitative estimate of drug-likeness (QED) is 0.642. The van der Waals surface area contributed by atoms with E-state index in [0.717, 1.165) is 11.9 Å². The van der Waals surface area contributed by atoms with E-state index in [2.05, 4.69) is 31.1 Å². The first-order chi connectivity index (χ1) is 4.66. The maximum Gasteiger partial charge on any atom is 0.390 e. The van der Waals surface area contributed by atoms with E-state index in [1.807, 2.05) is 0 Å². The summed E-state index contributed by atoms with van der Waals surface area (Å²) >= 11 is 9.28. The summed E-state index contributed by atoms with van der Waals surface area (Å²) in [5.41, 5.74) is 0. The summed E-state index contributed by atoms with van der Waals surface area (Å²) in [4.78, 5) is 0.231. The van der Waals surface area contributed by atoms with Gasteiger partial charge in [0.05, 0.1) is 0 Å². The van der Waals surface area contributed by atoms with Crippen molar-refractivity contribution >= 4 is 50.5 Å². The molecule has 1 aromatic heterocycles. The van der Waals surface area contributed by atoms with Crippen LogP contribution in [0, 0.1) is 4.90 Å². The summed E-state index contributed by atoms with van der Waals surface area (Å²) in [6.07, 6.45) is 0. The van der Waals surface area contributed by atoms with Crippen molar-refractivity contribution < 1.29 is 17.9 Å². The van der Waals surface area contributed by atoms with Crippen LogP contribution in [0.25, 0.3) is 0 Å². The average Bonchev–Trinajstić information content (AvgIpc) is 1.85. The van der Waals surface area contributed by atoms with Gasteiger partial charge in [-0.3, -0.25) is 0 Å². The van der Waals surface area contributed by atoms with Gasteiger partial charge in [-0.2, -0.15) is 0 Å². The Balaban J connectivity index is 0.000000162. The minimum Gasteiger partial charge on any atom is -0.332 e. The molecule has 1 heterocycles. The molecule has 0 fully saturated rings. The van der Waals surface area contributed by atoms with Gasteiger partial charge in [0.1, 0.15) is 0 Å². The number of rotatable bonds is 0. The first-order valence-electron chi connectivity index (χ1n) is 1.76. The Morgan fingerprint density at radius 1 is 1.50 bits per heavy atom. The summed E-state index contributed by atoms with van der Waals surface area (Å²) in [6, 6.07) is 0. The first-order valence-corrected chi connectivity index (χ1v) is 4.58. The highest BCUT2D eigenvalue weighted by Crippen LogP contribution is 2.00. The molecule has 0 atom stereocenters. The Hall–Kier alpha value is 0.140. The second-order valence-corrected chi connectivity index (χ2v) is 2.69. The van der Waals surface area contributed by atoms with Crippen molar-refractivity contribution in [1.82, 2.24) is 0 Å². The fraction of sp³-hybridized carbons (Fsp3) is 0. The van der Waals surface area contributed by atoms with Gasteiger partial charge in [-0.1, -0.05) is 0 Å². The Morgan fingerprint density at radius 2 is 1.80 bits per heavy atom. The Morgan fingerprint density at radius 3 is 1.80 bits per heavy atom. The Labute approximate surface area is 73.4 Å². The van der Waals surface area contributed by atoms with E-state index in [1.54, 1.807) is 0 Å². The zero-order valence-corrected chi connectivity index (χ0v) is 7.61. The van der Waals surface area contributed by atoms with Gasteiger partial charge in [-0.15, -0.1) is 0 Å². The molecule has 1 aromatic rings.